The van der Waals surface area contributed by atoms with Crippen LogP contribution in [0.4, 0.5) is 4.39 Å². The van der Waals surface area contributed by atoms with Crippen LogP contribution in [-0.2, 0) is 4.74 Å². The molecule has 2 rings (SSSR count). The van der Waals surface area contributed by atoms with Crippen LogP contribution in [0.3, 0.4) is 0 Å². The molecule has 1 aliphatic heterocycles. The Hall–Kier alpha value is -0.450. The lowest BCUT2D eigenvalue weighted by atomic mass is 9.94. The zero-order chi connectivity index (χ0) is 14.0. The van der Waals surface area contributed by atoms with E-state index in [4.69, 9.17) is 4.74 Å². The summed E-state index contributed by atoms with van der Waals surface area (Å²) in [5.41, 5.74) is 0.743. The Bertz CT molecular complexity index is 444. The van der Waals surface area contributed by atoms with Crippen molar-refractivity contribution in [3.05, 3.63) is 34.1 Å². The van der Waals surface area contributed by atoms with Gasteiger partial charge in [-0.2, -0.15) is 0 Å². The molecule has 2 nitrogen and oxygen atoms in total. The summed E-state index contributed by atoms with van der Waals surface area (Å²) in [4.78, 5) is 0. The van der Waals surface area contributed by atoms with E-state index in [1.165, 1.54) is 6.07 Å². The van der Waals surface area contributed by atoms with Gasteiger partial charge in [-0.25, -0.2) is 4.39 Å². The van der Waals surface area contributed by atoms with Gasteiger partial charge in [0, 0.05) is 34.6 Å². The van der Waals surface area contributed by atoms with Crippen molar-refractivity contribution in [2.24, 2.45) is 5.92 Å². The molecule has 106 valence electrons. The highest BCUT2D eigenvalue weighted by atomic mass is 79.9. The monoisotopic (exact) mass is 329 g/mol. The van der Waals surface area contributed by atoms with Gasteiger partial charge in [-0.05, 0) is 39.3 Å². The molecule has 1 saturated heterocycles. The van der Waals surface area contributed by atoms with Crippen molar-refractivity contribution in [3.8, 4) is 0 Å². The molecule has 2 atom stereocenters. The Morgan fingerprint density at radius 1 is 1.42 bits per heavy atom. The third-order valence-electron chi connectivity index (χ3n) is 3.38. The van der Waals surface area contributed by atoms with E-state index in [2.05, 4.69) is 42.0 Å². The second kappa shape index (κ2) is 5.90. The quantitative estimate of drug-likeness (QED) is 0.903. The zero-order valence-electron chi connectivity index (χ0n) is 11.7. The fraction of sp³-hybridized carbons (Fsp3) is 0.600. The molecule has 1 fully saturated rings. The molecule has 0 aliphatic carbocycles. The standard InChI is InChI=1S/C15H21BrFNO/c1-15(2,3)18-9-10-6-7-19-14(10)12-5-4-11(16)8-13(12)17/h4-5,8,10,14,18H,6-7,9H2,1-3H3. The molecule has 2 unspecified atom stereocenters. The molecular formula is C15H21BrFNO. The number of ether oxygens (including phenoxy) is 1. The second-order valence-corrected chi connectivity index (χ2v) is 7.05. The summed E-state index contributed by atoms with van der Waals surface area (Å²) in [5, 5.41) is 3.48. The Labute approximate surface area is 122 Å². The maximum absolute atomic E-state index is 14.0. The van der Waals surface area contributed by atoms with Crippen LogP contribution in [0, 0.1) is 11.7 Å². The Morgan fingerprint density at radius 2 is 2.16 bits per heavy atom. The van der Waals surface area contributed by atoms with Crippen molar-refractivity contribution in [3.63, 3.8) is 0 Å². The van der Waals surface area contributed by atoms with E-state index in [0.29, 0.717) is 18.1 Å². The molecule has 1 heterocycles. The average molecular weight is 330 g/mol. The molecule has 1 aromatic rings. The van der Waals surface area contributed by atoms with Gasteiger partial charge in [0.15, 0.2) is 0 Å². The first-order valence-corrected chi connectivity index (χ1v) is 7.48. The van der Waals surface area contributed by atoms with Crippen molar-refractivity contribution in [2.45, 2.75) is 38.8 Å². The Morgan fingerprint density at radius 3 is 2.79 bits per heavy atom. The summed E-state index contributed by atoms with van der Waals surface area (Å²) < 4.78 is 20.5. The summed E-state index contributed by atoms with van der Waals surface area (Å²) in [6.07, 6.45) is 0.839. The van der Waals surface area contributed by atoms with Gasteiger partial charge in [0.2, 0.25) is 0 Å². The van der Waals surface area contributed by atoms with Crippen molar-refractivity contribution in [1.82, 2.24) is 5.32 Å². The van der Waals surface area contributed by atoms with Crippen LogP contribution in [-0.4, -0.2) is 18.7 Å². The molecule has 0 radical (unpaired) electrons. The van der Waals surface area contributed by atoms with E-state index in [-0.39, 0.29) is 17.5 Å². The first kappa shape index (κ1) is 14.9. The summed E-state index contributed by atoms with van der Waals surface area (Å²) in [5.74, 6) is 0.136. The predicted molar refractivity (Wildman–Crippen MR) is 78.7 cm³/mol. The fourth-order valence-corrected chi connectivity index (χ4v) is 2.69. The summed E-state index contributed by atoms with van der Waals surface area (Å²) >= 11 is 3.28. The molecule has 0 bridgehead atoms. The number of nitrogens with one attached hydrogen (secondary N) is 1. The van der Waals surface area contributed by atoms with E-state index < -0.39 is 0 Å². The van der Waals surface area contributed by atoms with Crippen LogP contribution in [0.1, 0.15) is 38.9 Å². The molecule has 1 aliphatic rings. The highest BCUT2D eigenvalue weighted by Crippen LogP contribution is 2.36. The smallest absolute Gasteiger partial charge is 0.130 e. The number of benzene rings is 1. The largest absolute Gasteiger partial charge is 0.373 e. The Balaban J connectivity index is 2.10. The van der Waals surface area contributed by atoms with E-state index in [0.717, 1.165) is 17.4 Å². The van der Waals surface area contributed by atoms with Crippen LogP contribution in [0.5, 0.6) is 0 Å². The second-order valence-electron chi connectivity index (χ2n) is 6.14. The minimum absolute atomic E-state index is 0.0748. The third-order valence-corrected chi connectivity index (χ3v) is 3.87. The zero-order valence-corrected chi connectivity index (χ0v) is 13.3. The molecule has 0 saturated carbocycles. The number of hydrogen-bond donors (Lipinski definition) is 1. The molecular weight excluding hydrogens is 309 g/mol. The van der Waals surface area contributed by atoms with Crippen LogP contribution < -0.4 is 5.32 Å². The van der Waals surface area contributed by atoms with Crippen molar-refractivity contribution in [2.75, 3.05) is 13.2 Å². The number of halogens is 2. The first-order valence-electron chi connectivity index (χ1n) is 6.68. The van der Waals surface area contributed by atoms with E-state index in [1.807, 2.05) is 12.1 Å². The fourth-order valence-electron chi connectivity index (χ4n) is 2.36. The minimum Gasteiger partial charge on any atom is -0.373 e. The van der Waals surface area contributed by atoms with Gasteiger partial charge in [-0.3, -0.25) is 0 Å². The lowest BCUT2D eigenvalue weighted by Gasteiger charge is -2.26. The van der Waals surface area contributed by atoms with Gasteiger partial charge in [0.05, 0.1) is 6.10 Å². The molecule has 1 aromatic carbocycles. The van der Waals surface area contributed by atoms with E-state index in [9.17, 15) is 4.39 Å². The third kappa shape index (κ3) is 4.01. The van der Waals surface area contributed by atoms with Crippen LogP contribution >= 0.6 is 15.9 Å². The van der Waals surface area contributed by atoms with Crippen LogP contribution in [0.25, 0.3) is 0 Å². The van der Waals surface area contributed by atoms with Crippen molar-refractivity contribution >= 4 is 15.9 Å². The number of hydrogen-bond acceptors (Lipinski definition) is 2. The SMILES string of the molecule is CC(C)(C)NCC1CCOC1c1ccc(Br)cc1F. The van der Waals surface area contributed by atoms with E-state index in [1.54, 1.807) is 0 Å². The average Bonchev–Trinajstić information content (AvgIpc) is 2.73. The lowest BCUT2D eigenvalue weighted by Crippen LogP contribution is -2.39. The van der Waals surface area contributed by atoms with Crippen LogP contribution in [0.2, 0.25) is 0 Å². The van der Waals surface area contributed by atoms with Gasteiger partial charge in [-0.15, -0.1) is 0 Å². The topological polar surface area (TPSA) is 21.3 Å². The molecule has 19 heavy (non-hydrogen) atoms. The molecule has 0 aromatic heterocycles. The van der Waals surface area contributed by atoms with Gasteiger partial charge in [0.1, 0.15) is 5.82 Å². The molecule has 0 amide bonds. The first-order chi connectivity index (χ1) is 8.87. The number of rotatable bonds is 3. The normalized spacial score (nSPS) is 23.8. The Kier molecular flexibility index (Phi) is 4.64. The lowest BCUT2D eigenvalue weighted by molar-refractivity contribution is 0.0859. The summed E-state index contributed by atoms with van der Waals surface area (Å²) in [6.45, 7) is 7.97. The highest BCUT2D eigenvalue weighted by molar-refractivity contribution is 9.10. The highest BCUT2D eigenvalue weighted by Gasteiger charge is 2.32. The molecule has 4 heteroatoms. The van der Waals surface area contributed by atoms with Crippen molar-refractivity contribution < 1.29 is 9.13 Å². The molecule has 1 N–H and O–H groups in total. The molecule has 0 spiro atoms. The summed E-state index contributed by atoms with van der Waals surface area (Å²) in [7, 11) is 0. The minimum atomic E-state index is -0.193. The summed E-state index contributed by atoms with van der Waals surface area (Å²) in [6, 6.07) is 5.19. The van der Waals surface area contributed by atoms with E-state index >= 15 is 0 Å². The maximum Gasteiger partial charge on any atom is 0.130 e. The van der Waals surface area contributed by atoms with Gasteiger partial charge in [-0.1, -0.05) is 22.0 Å². The van der Waals surface area contributed by atoms with Gasteiger partial charge >= 0.3 is 0 Å². The van der Waals surface area contributed by atoms with Crippen LogP contribution in [0.15, 0.2) is 22.7 Å². The van der Waals surface area contributed by atoms with Gasteiger partial charge in [0.25, 0.3) is 0 Å². The predicted octanol–water partition coefficient (Wildman–Crippen LogP) is 4.05. The van der Waals surface area contributed by atoms with Gasteiger partial charge < -0.3 is 10.1 Å². The maximum atomic E-state index is 14.0. The van der Waals surface area contributed by atoms with Crippen molar-refractivity contribution in [1.29, 1.82) is 0 Å².